The standard InChI is InChI=1S/C32H33BrFN5O/c33-25-8-2-6-22-5-1-7-23(26(22)25)28-27(34)29-24(16-35-28)30(38-17-20-9-10-21(15-20)18-38)37-31(36-29)40-19-32-11-3-13-39(32)14-4-12-32/h1-2,5-8,16,20-21H,3-4,9-15,17-19H2. The minimum atomic E-state index is -0.421. The first-order chi connectivity index (χ1) is 19.6. The van der Waals surface area contributed by atoms with Gasteiger partial charge in [-0.05, 0) is 81.3 Å². The van der Waals surface area contributed by atoms with Crippen LogP contribution >= 0.6 is 15.9 Å². The molecule has 2 atom stereocenters. The van der Waals surface area contributed by atoms with Crippen LogP contribution in [0.15, 0.2) is 47.1 Å². The Morgan fingerprint density at radius 2 is 1.75 bits per heavy atom. The highest BCUT2D eigenvalue weighted by Crippen LogP contribution is 2.42. The van der Waals surface area contributed by atoms with Gasteiger partial charge in [-0.15, -0.1) is 0 Å². The van der Waals surface area contributed by atoms with E-state index in [1.807, 2.05) is 36.4 Å². The van der Waals surface area contributed by atoms with Crippen LogP contribution in [-0.4, -0.2) is 58.2 Å². The van der Waals surface area contributed by atoms with Crippen molar-refractivity contribution in [2.45, 2.75) is 50.5 Å². The number of halogens is 2. The summed E-state index contributed by atoms with van der Waals surface area (Å²) in [5.74, 6) is 1.68. The lowest BCUT2D eigenvalue weighted by atomic mass is 9.95. The third-order valence-electron chi connectivity index (χ3n) is 9.94. The van der Waals surface area contributed by atoms with Gasteiger partial charge in [-0.2, -0.15) is 9.97 Å². The van der Waals surface area contributed by atoms with Gasteiger partial charge in [0, 0.05) is 34.7 Å². The van der Waals surface area contributed by atoms with E-state index in [0.717, 1.165) is 65.6 Å². The molecular formula is C32H33BrFN5O. The van der Waals surface area contributed by atoms with E-state index in [1.165, 1.54) is 32.1 Å². The van der Waals surface area contributed by atoms with Crippen molar-refractivity contribution in [1.82, 2.24) is 19.9 Å². The number of piperidine rings is 1. The molecule has 2 unspecified atom stereocenters. The molecule has 2 bridgehead atoms. The maximum atomic E-state index is 16.6. The summed E-state index contributed by atoms with van der Waals surface area (Å²) in [5.41, 5.74) is 1.41. The molecule has 1 aliphatic carbocycles. The molecule has 2 aromatic heterocycles. The number of hydrogen-bond donors (Lipinski definition) is 0. The highest BCUT2D eigenvalue weighted by molar-refractivity contribution is 9.10. The Morgan fingerprint density at radius 1 is 1.00 bits per heavy atom. The second-order valence-corrected chi connectivity index (χ2v) is 13.2. The third-order valence-corrected chi connectivity index (χ3v) is 10.6. The van der Waals surface area contributed by atoms with Crippen LogP contribution in [0.2, 0.25) is 0 Å². The predicted molar refractivity (Wildman–Crippen MR) is 159 cm³/mol. The Labute approximate surface area is 242 Å². The fourth-order valence-electron chi connectivity index (χ4n) is 8.05. The number of anilines is 1. The van der Waals surface area contributed by atoms with Gasteiger partial charge < -0.3 is 9.64 Å². The van der Waals surface area contributed by atoms with Crippen molar-refractivity contribution in [3.63, 3.8) is 0 Å². The maximum absolute atomic E-state index is 16.6. The fraction of sp³-hybridized carbons (Fsp3) is 0.469. The quantitative estimate of drug-likeness (QED) is 0.246. The summed E-state index contributed by atoms with van der Waals surface area (Å²) < 4.78 is 23.9. The van der Waals surface area contributed by atoms with Gasteiger partial charge in [-0.25, -0.2) is 4.39 Å². The Kier molecular flexibility index (Phi) is 5.99. The maximum Gasteiger partial charge on any atom is 0.319 e. The molecule has 5 heterocycles. The molecule has 3 aliphatic heterocycles. The van der Waals surface area contributed by atoms with Gasteiger partial charge in [0.05, 0.1) is 10.9 Å². The van der Waals surface area contributed by atoms with E-state index in [1.54, 1.807) is 6.20 Å². The molecule has 0 amide bonds. The normalized spacial score (nSPS) is 23.8. The van der Waals surface area contributed by atoms with Crippen molar-refractivity contribution < 1.29 is 9.13 Å². The monoisotopic (exact) mass is 601 g/mol. The number of nitrogens with zero attached hydrogens (tertiary/aromatic N) is 5. The molecule has 2 aromatic carbocycles. The number of fused-ring (bicyclic) bond motifs is 5. The molecule has 6 nitrogen and oxygen atoms in total. The molecule has 1 saturated carbocycles. The molecule has 8 heteroatoms. The van der Waals surface area contributed by atoms with Gasteiger partial charge in [0.15, 0.2) is 5.82 Å². The van der Waals surface area contributed by atoms with Gasteiger partial charge in [0.25, 0.3) is 0 Å². The largest absolute Gasteiger partial charge is 0.461 e. The molecule has 3 saturated heterocycles. The van der Waals surface area contributed by atoms with Crippen LogP contribution in [0, 0.1) is 17.7 Å². The lowest BCUT2D eigenvalue weighted by Gasteiger charge is -2.34. The zero-order valence-corrected chi connectivity index (χ0v) is 24.2. The van der Waals surface area contributed by atoms with Crippen molar-refractivity contribution in [3.8, 4) is 17.3 Å². The van der Waals surface area contributed by atoms with Gasteiger partial charge in [-0.3, -0.25) is 9.88 Å². The van der Waals surface area contributed by atoms with E-state index in [-0.39, 0.29) is 11.5 Å². The smallest absolute Gasteiger partial charge is 0.319 e. The van der Waals surface area contributed by atoms with Crippen LogP contribution in [0.4, 0.5) is 10.2 Å². The third kappa shape index (κ3) is 4.01. The second kappa shape index (κ2) is 9.62. The molecule has 8 rings (SSSR count). The number of benzene rings is 2. The number of ether oxygens (including phenoxy) is 1. The first-order valence-electron chi connectivity index (χ1n) is 14.7. The SMILES string of the molecule is Fc1c(-c2cccc3cccc(Br)c23)ncc2c(N3CC4CCC(C4)C3)nc(OCC34CCCN3CCC4)nc12. The van der Waals surface area contributed by atoms with Crippen molar-refractivity contribution in [1.29, 1.82) is 0 Å². The van der Waals surface area contributed by atoms with Crippen LogP contribution in [0.5, 0.6) is 6.01 Å². The van der Waals surface area contributed by atoms with Crippen molar-refractivity contribution >= 4 is 43.4 Å². The van der Waals surface area contributed by atoms with Gasteiger partial charge in [0.1, 0.15) is 23.6 Å². The Morgan fingerprint density at radius 3 is 2.52 bits per heavy atom. The van der Waals surface area contributed by atoms with Gasteiger partial charge in [-0.1, -0.05) is 46.3 Å². The van der Waals surface area contributed by atoms with E-state index in [9.17, 15) is 0 Å². The van der Waals surface area contributed by atoms with Crippen LogP contribution in [0.1, 0.15) is 44.9 Å². The Balaban J connectivity index is 1.25. The molecule has 4 aromatic rings. The first kappa shape index (κ1) is 24.9. The lowest BCUT2D eigenvalue weighted by Crippen LogP contribution is -2.43. The minimum absolute atomic E-state index is 0.0693. The summed E-state index contributed by atoms with van der Waals surface area (Å²) >= 11 is 3.68. The predicted octanol–water partition coefficient (Wildman–Crippen LogP) is 6.99. The first-order valence-corrected chi connectivity index (χ1v) is 15.5. The fourth-order valence-corrected chi connectivity index (χ4v) is 8.64. The second-order valence-electron chi connectivity index (χ2n) is 12.3. The zero-order valence-electron chi connectivity index (χ0n) is 22.6. The molecular weight excluding hydrogens is 569 g/mol. The topological polar surface area (TPSA) is 54.4 Å². The average Bonchev–Trinajstić information content (AvgIpc) is 3.65. The minimum Gasteiger partial charge on any atom is -0.461 e. The highest BCUT2D eigenvalue weighted by atomic mass is 79.9. The highest BCUT2D eigenvalue weighted by Gasteiger charge is 2.45. The number of rotatable bonds is 5. The zero-order chi connectivity index (χ0) is 26.8. The summed E-state index contributed by atoms with van der Waals surface area (Å²) in [5, 5.41) is 2.63. The summed E-state index contributed by atoms with van der Waals surface area (Å²) in [6.07, 6.45) is 10.3. The van der Waals surface area contributed by atoms with E-state index in [2.05, 4.69) is 25.7 Å². The van der Waals surface area contributed by atoms with Crippen molar-refractivity contribution in [3.05, 3.63) is 52.9 Å². The van der Waals surface area contributed by atoms with Gasteiger partial charge in [0.2, 0.25) is 0 Å². The summed E-state index contributed by atoms with van der Waals surface area (Å²) in [6.45, 7) is 4.71. The molecule has 206 valence electrons. The molecule has 0 N–H and O–H groups in total. The lowest BCUT2D eigenvalue weighted by molar-refractivity contribution is 0.108. The van der Waals surface area contributed by atoms with E-state index in [4.69, 9.17) is 19.7 Å². The summed E-state index contributed by atoms with van der Waals surface area (Å²) in [6, 6.07) is 12.2. The molecule has 40 heavy (non-hydrogen) atoms. The van der Waals surface area contributed by atoms with Gasteiger partial charge >= 0.3 is 6.01 Å². The summed E-state index contributed by atoms with van der Waals surface area (Å²) in [7, 11) is 0. The Bertz CT molecular complexity index is 1600. The van der Waals surface area contributed by atoms with Crippen molar-refractivity contribution in [2.75, 3.05) is 37.7 Å². The molecule has 4 fully saturated rings. The van der Waals surface area contributed by atoms with Crippen LogP contribution in [0.25, 0.3) is 32.9 Å². The van der Waals surface area contributed by atoms with E-state index < -0.39 is 5.82 Å². The van der Waals surface area contributed by atoms with Crippen molar-refractivity contribution in [2.24, 2.45) is 11.8 Å². The van der Waals surface area contributed by atoms with Crippen LogP contribution in [0.3, 0.4) is 0 Å². The number of pyridine rings is 1. The number of aromatic nitrogens is 3. The van der Waals surface area contributed by atoms with E-state index in [0.29, 0.717) is 35.0 Å². The molecule has 0 spiro atoms. The van der Waals surface area contributed by atoms with Crippen LogP contribution in [-0.2, 0) is 0 Å². The Hall–Kier alpha value is -2.84. The average molecular weight is 603 g/mol. The molecule has 4 aliphatic rings. The van der Waals surface area contributed by atoms with E-state index >= 15 is 4.39 Å². The summed E-state index contributed by atoms with van der Waals surface area (Å²) in [4.78, 5) is 19.3. The number of hydrogen-bond acceptors (Lipinski definition) is 6. The van der Waals surface area contributed by atoms with Crippen LogP contribution < -0.4 is 9.64 Å². The molecule has 0 radical (unpaired) electrons.